The number of sulfone groups is 1. The lowest BCUT2D eigenvalue weighted by Crippen LogP contribution is -2.14. The molecule has 3 rings (SSSR count). The van der Waals surface area contributed by atoms with Gasteiger partial charge in [0.15, 0.2) is 14.9 Å². The van der Waals surface area contributed by atoms with E-state index in [1.807, 2.05) is 0 Å². The molecule has 6 nitrogen and oxygen atoms in total. The molecule has 8 heteroatoms. The molecule has 0 aliphatic rings. The third-order valence-electron chi connectivity index (χ3n) is 3.76. The van der Waals surface area contributed by atoms with Gasteiger partial charge in [0.05, 0.1) is 12.1 Å². The van der Waals surface area contributed by atoms with Gasteiger partial charge in [0.25, 0.3) is 0 Å². The number of carbonyl (C=O) groups is 1. The van der Waals surface area contributed by atoms with E-state index in [4.69, 9.17) is 0 Å². The van der Waals surface area contributed by atoms with Gasteiger partial charge in [-0.05, 0) is 42.0 Å². The number of carbonyl (C=O) groups excluding carboxylic acids is 1. The van der Waals surface area contributed by atoms with Crippen LogP contribution in [-0.4, -0.2) is 30.8 Å². The fourth-order valence-electron chi connectivity index (χ4n) is 2.39. The van der Waals surface area contributed by atoms with Crippen LogP contribution in [0.4, 0.5) is 10.1 Å². The molecule has 1 aromatic heterocycles. The SMILES string of the molecule is CS(=O)(=O)c1ccc(-c2ccc(NC(=O)Cc3ccc(F)cc3)cc2)nn1. The van der Waals surface area contributed by atoms with Crippen molar-refractivity contribution in [2.24, 2.45) is 0 Å². The van der Waals surface area contributed by atoms with E-state index < -0.39 is 9.84 Å². The molecule has 2 aromatic carbocycles. The number of nitrogens with zero attached hydrogens (tertiary/aromatic N) is 2. The zero-order valence-electron chi connectivity index (χ0n) is 14.4. The van der Waals surface area contributed by atoms with Crippen molar-refractivity contribution in [3.05, 3.63) is 72.0 Å². The van der Waals surface area contributed by atoms with E-state index in [2.05, 4.69) is 15.5 Å². The number of benzene rings is 2. The average Bonchev–Trinajstić information content (AvgIpc) is 2.64. The van der Waals surface area contributed by atoms with Crippen molar-refractivity contribution in [3.63, 3.8) is 0 Å². The number of halogens is 1. The molecule has 0 radical (unpaired) electrons. The predicted octanol–water partition coefficient (Wildman–Crippen LogP) is 2.87. The molecular formula is C19H16FN3O3S. The van der Waals surface area contributed by atoms with Crippen LogP contribution in [0.3, 0.4) is 0 Å². The zero-order chi connectivity index (χ0) is 19.4. The van der Waals surface area contributed by atoms with E-state index in [1.54, 1.807) is 42.5 Å². The smallest absolute Gasteiger partial charge is 0.228 e. The number of aromatic nitrogens is 2. The van der Waals surface area contributed by atoms with Gasteiger partial charge in [-0.15, -0.1) is 10.2 Å². The highest BCUT2D eigenvalue weighted by atomic mass is 32.2. The first kappa shape index (κ1) is 18.7. The Kier molecular flexibility index (Phi) is 5.27. The van der Waals surface area contributed by atoms with Gasteiger partial charge in [0, 0.05) is 17.5 Å². The van der Waals surface area contributed by atoms with Gasteiger partial charge in [-0.1, -0.05) is 24.3 Å². The molecule has 1 heterocycles. The van der Waals surface area contributed by atoms with Gasteiger partial charge >= 0.3 is 0 Å². The summed E-state index contributed by atoms with van der Waals surface area (Å²) in [5.41, 5.74) is 2.57. The van der Waals surface area contributed by atoms with Crippen molar-refractivity contribution in [2.45, 2.75) is 11.4 Å². The highest BCUT2D eigenvalue weighted by Crippen LogP contribution is 2.20. The summed E-state index contributed by atoms with van der Waals surface area (Å²) in [6.45, 7) is 0. The second kappa shape index (κ2) is 7.63. The lowest BCUT2D eigenvalue weighted by atomic mass is 10.1. The second-order valence-corrected chi connectivity index (χ2v) is 7.92. The second-order valence-electron chi connectivity index (χ2n) is 5.96. The first-order valence-corrected chi connectivity index (χ1v) is 9.89. The molecule has 27 heavy (non-hydrogen) atoms. The van der Waals surface area contributed by atoms with Crippen LogP contribution >= 0.6 is 0 Å². The van der Waals surface area contributed by atoms with E-state index >= 15 is 0 Å². The molecule has 3 aromatic rings. The quantitative estimate of drug-likeness (QED) is 0.729. The summed E-state index contributed by atoms with van der Waals surface area (Å²) in [6, 6.07) is 15.7. The molecule has 1 N–H and O–H groups in total. The van der Waals surface area contributed by atoms with Gasteiger partial charge in [-0.3, -0.25) is 4.79 Å². The number of nitrogens with one attached hydrogen (secondary N) is 1. The van der Waals surface area contributed by atoms with Crippen molar-refractivity contribution in [1.82, 2.24) is 10.2 Å². The third kappa shape index (κ3) is 4.95. The van der Waals surface area contributed by atoms with Crippen molar-refractivity contribution in [3.8, 4) is 11.3 Å². The number of rotatable bonds is 5. The molecule has 0 bridgehead atoms. The Morgan fingerprint density at radius 1 is 0.963 bits per heavy atom. The number of amides is 1. The normalized spacial score (nSPS) is 11.2. The van der Waals surface area contributed by atoms with Crippen LogP contribution in [0.2, 0.25) is 0 Å². The van der Waals surface area contributed by atoms with E-state index in [1.165, 1.54) is 18.2 Å². The summed E-state index contributed by atoms with van der Waals surface area (Å²) in [4.78, 5) is 12.1. The van der Waals surface area contributed by atoms with Crippen molar-refractivity contribution >= 4 is 21.4 Å². The minimum absolute atomic E-state index is 0.0871. The highest BCUT2D eigenvalue weighted by molar-refractivity contribution is 7.90. The summed E-state index contributed by atoms with van der Waals surface area (Å²) in [7, 11) is -3.39. The average molecular weight is 385 g/mol. The lowest BCUT2D eigenvalue weighted by molar-refractivity contribution is -0.115. The molecule has 0 fully saturated rings. The first-order chi connectivity index (χ1) is 12.8. The van der Waals surface area contributed by atoms with Crippen molar-refractivity contribution < 1.29 is 17.6 Å². The summed E-state index contributed by atoms with van der Waals surface area (Å²) in [6.07, 6.45) is 1.21. The maximum atomic E-state index is 12.9. The minimum atomic E-state index is -3.39. The largest absolute Gasteiger partial charge is 0.326 e. The summed E-state index contributed by atoms with van der Waals surface area (Å²) in [5.74, 6) is -0.561. The monoisotopic (exact) mass is 385 g/mol. The summed E-state index contributed by atoms with van der Waals surface area (Å²) >= 11 is 0. The molecule has 1 amide bonds. The molecule has 0 saturated heterocycles. The summed E-state index contributed by atoms with van der Waals surface area (Å²) in [5, 5.41) is 10.3. The maximum Gasteiger partial charge on any atom is 0.228 e. The van der Waals surface area contributed by atoms with Crippen LogP contribution in [0.1, 0.15) is 5.56 Å². The predicted molar refractivity (Wildman–Crippen MR) is 99.3 cm³/mol. The standard InChI is InChI=1S/C19H16FN3O3S/c1-27(25,26)19-11-10-17(22-23-19)14-4-8-16(9-5-14)21-18(24)12-13-2-6-15(20)7-3-13/h2-11H,12H2,1H3,(H,21,24). The maximum absolute atomic E-state index is 12.9. The summed E-state index contributed by atoms with van der Waals surface area (Å²) < 4.78 is 35.7. The van der Waals surface area contributed by atoms with Crippen molar-refractivity contribution in [1.29, 1.82) is 0 Å². The van der Waals surface area contributed by atoms with E-state index in [-0.39, 0.29) is 23.2 Å². The Balaban J connectivity index is 1.66. The Hall–Kier alpha value is -3.13. The van der Waals surface area contributed by atoms with Gasteiger partial charge in [0.2, 0.25) is 5.91 Å². The van der Waals surface area contributed by atoms with Gasteiger partial charge in [-0.2, -0.15) is 0 Å². The number of hydrogen-bond donors (Lipinski definition) is 1. The van der Waals surface area contributed by atoms with E-state index in [0.717, 1.165) is 11.8 Å². The first-order valence-electron chi connectivity index (χ1n) is 8.00. The number of hydrogen-bond acceptors (Lipinski definition) is 5. The molecule has 138 valence electrons. The van der Waals surface area contributed by atoms with Crippen LogP contribution in [0.15, 0.2) is 65.7 Å². The zero-order valence-corrected chi connectivity index (χ0v) is 15.2. The molecule has 0 aliphatic carbocycles. The Morgan fingerprint density at radius 3 is 2.19 bits per heavy atom. The fourth-order valence-corrected chi connectivity index (χ4v) is 2.89. The van der Waals surface area contributed by atoms with Gasteiger partial charge in [0.1, 0.15) is 5.82 Å². The lowest BCUT2D eigenvalue weighted by Gasteiger charge is -2.07. The molecule has 0 atom stereocenters. The highest BCUT2D eigenvalue weighted by Gasteiger charge is 2.10. The molecular weight excluding hydrogens is 369 g/mol. The molecule has 0 saturated carbocycles. The van der Waals surface area contributed by atoms with E-state index in [0.29, 0.717) is 16.9 Å². The fraction of sp³-hybridized carbons (Fsp3) is 0.105. The minimum Gasteiger partial charge on any atom is -0.326 e. The molecule has 0 aliphatic heterocycles. The van der Waals surface area contributed by atoms with Crippen LogP contribution < -0.4 is 5.32 Å². The molecule has 0 spiro atoms. The number of anilines is 1. The topological polar surface area (TPSA) is 89.0 Å². The van der Waals surface area contributed by atoms with Crippen LogP contribution in [0.5, 0.6) is 0 Å². The van der Waals surface area contributed by atoms with Crippen LogP contribution in [-0.2, 0) is 21.1 Å². The molecule has 0 unspecified atom stereocenters. The Labute approximate surface area is 156 Å². The Bertz CT molecular complexity index is 1050. The van der Waals surface area contributed by atoms with Gasteiger partial charge < -0.3 is 5.32 Å². The third-order valence-corrected chi connectivity index (χ3v) is 4.74. The van der Waals surface area contributed by atoms with Crippen LogP contribution in [0, 0.1) is 5.82 Å². The van der Waals surface area contributed by atoms with Gasteiger partial charge in [-0.25, -0.2) is 12.8 Å². The van der Waals surface area contributed by atoms with E-state index in [9.17, 15) is 17.6 Å². The van der Waals surface area contributed by atoms with Crippen molar-refractivity contribution in [2.75, 3.05) is 11.6 Å². The van der Waals surface area contributed by atoms with Crippen LogP contribution in [0.25, 0.3) is 11.3 Å². The Morgan fingerprint density at radius 2 is 1.63 bits per heavy atom.